The van der Waals surface area contributed by atoms with Crippen LogP contribution < -0.4 is 10.1 Å². The lowest BCUT2D eigenvalue weighted by atomic mass is 9.88. The van der Waals surface area contributed by atoms with Crippen LogP contribution in [0.2, 0.25) is 0 Å². The van der Waals surface area contributed by atoms with E-state index >= 15 is 0 Å². The van der Waals surface area contributed by atoms with Gasteiger partial charge in [0, 0.05) is 5.92 Å². The molecule has 2 rings (SSSR count). The molecule has 0 radical (unpaired) electrons. The van der Waals surface area contributed by atoms with E-state index in [1.807, 2.05) is 6.92 Å². The number of rotatable bonds is 5. The van der Waals surface area contributed by atoms with Gasteiger partial charge in [-0.2, -0.15) is 8.78 Å². The maximum atomic E-state index is 12.2. The number of hydrogen-bond donors (Lipinski definition) is 1. The molecule has 0 heterocycles. The molecule has 5 heteroatoms. The maximum absolute atomic E-state index is 12.2. The predicted octanol–water partition coefficient (Wildman–Crippen LogP) is 4.05. The fourth-order valence-corrected chi connectivity index (χ4v) is 2.72. The largest absolute Gasteiger partial charge is 0.435 e. The van der Waals surface area contributed by atoms with Crippen LogP contribution in [0.1, 0.15) is 50.6 Å². The SMILES string of the molecule is CC(NC(=O)C1CCCCC1)c1ccc(OC(F)F)cc1. The van der Waals surface area contributed by atoms with Gasteiger partial charge in [-0.15, -0.1) is 0 Å². The predicted molar refractivity (Wildman–Crippen MR) is 76.2 cm³/mol. The third-order valence-corrected chi connectivity index (χ3v) is 3.94. The second-order valence-corrected chi connectivity index (χ2v) is 5.51. The summed E-state index contributed by atoms with van der Waals surface area (Å²) in [6.07, 6.45) is 5.36. The van der Waals surface area contributed by atoms with E-state index in [1.54, 1.807) is 12.1 Å². The highest BCUT2D eigenvalue weighted by atomic mass is 19.3. The van der Waals surface area contributed by atoms with Gasteiger partial charge in [-0.1, -0.05) is 31.4 Å². The minimum atomic E-state index is -2.82. The van der Waals surface area contributed by atoms with Crippen molar-refractivity contribution >= 4 is 5.91 Å². The first-order chi connectivity index (χ1) is 10.1. The van der Waals surface area contributed by atoms with Crippen molar-refractivity contribution in [2.45, 2.75) is 51.7 Å². The first-order valence-electron chi connectivity index (χ1n) is 7.41. The van der Waals surface area contributed by atoms with E-state index in [9.17, 15) is 13.6 Å². The first-order valence-corrected chi connectivity index (χ1v) is 7.41. The molecule has 3 nitrogen and oxygen atoms in total. The van der Waals surface area contributed by atoms with E-state index in [2.05, 4.69) is 10.1 Å². The van der Waals surface area contributed by atoms with Crippen LogP contribution in [-0.2, 0) is 4.79 Å². The molecule has 1 amide bonds. The summed E-state index contributed by atoms with van der Waals surface area (Å²) in [4.78, 5) is 12.2. The van der Waals surface area contributed by atoms with Crippen LogP contribution in [0.5, 0.6) is 5.75 Å². The Balaban J connectivity index is 1.90. The molecule has 0 bridgehead atoms. The Morgan fingerprint density at radius 3 is 2.38 bits per heavy atom. The van der Waals surface area contributed by atoms with Crippen LogP contribution in [0, 0.1) is 5.92 Å². The number of carbonyl (C=O) groups excluding carboxylic acids is 1. The van der Waals surface area contributed by atoms with Crippen LogP contribution >= 0.6 is 0 Å². The molecule has 1 fully saturated rings. The van der Waals surface area contributed by atoms with Crippen molar-refractivity contribution in [3.8, 4) is 5.75 Å². The number of halogens is 2. The Bertz CT molecular complexity index is 456. The minimum absolute atomic E-state index is 0.0927. The number of nitrogens with one attached hydrogen (secondary N) is 1. The summed E-state index contributed by atoms with van der Waals surface area (Å²) in [6, 6.07) is 6.24. The summed E-state index contributed by atoms with van der Waals surface area (Å²) < 4.78 is 28.5. The number of alkyl halides is 2. The van der Waals surface area contributed by atoms with Gasteiger partial charge in [0.15, 0.2) is 0 Å². The van der Waals surface area contributed by atoms with E-state index in [1.165, 1.54) is 18.6 Å². The second kappa shape index (κ2) is 7.38. The molecule has 1 N–H and O–H groups in total. The lowest BCUT2D eigenvalue weighted by Crippen LogP contribution is -2.33. The van der Waals surface area contributed by atoms with Crippen molar-refractivity contribution in [1.29, 1.82) is 0 Å². The first kappa shape index (κ1) is 15.7. The molecular formula is C16H21F2NO2. The molecule has 1 aliphatic rings. The lowest BCUT2D eigenvalue weighted by molar-refractivity contribution is -0.126. The Labute approximate surface area is 123 Å². The number of hydrogen-bond acceptors (Lipinski definition) is 2. The molecule has 1 aromatic carbocycles. The smallest absolute Gasteiger partial charge is 0.387 e. The third kappa shape index (κ3) is 4.69. The molecule has 1 saturated carbocycles. The minimum Gasteiger partial charge on any atom is -0.435 e. The molecule has 0 aliphatic heterocycles. The molecule has 1 atom stereocenters. The van der Waals surface area contributed by atoms with Crippen LogP contribution in [-0.4, -0.2) is 12.5 Å². The van der Waals surface area contributed by atoms with Gasteiger partial charge in [0.2, 0.25) is 5.91 Å². The zero-order valence-corrected chi connectivity index (χ0v) is 12.1. The Morgan fingerprint density at radius 1 is 1.19 bits per heavy atom. The molecule has 1 aromatic rings. The molecule has 0 saturated heterocycles. The van der Waals surface area contributed by atoms with Gasteiger partial charge in [-0.3, -0.25) is 4.79 Å². The lowest BCUT2D eigenvalue weighted by Gasteiger charge is -2.23. The Hall–Kier alpha value is -1.65. The van der Waals surface area contributed by atoms with Gasteiger partial charge in [0.05, 0.1) is 6.04 Å². The highest BCUT2D eigenvalue weighted by Crippen LogP contribution is 2.25. The van der Waals surface area contributed by atoms with Gasteiger partial charge in [0.1, 0.15) is 5.75 Å². The third-order valence-electron chi connectivity index (χ3n) is 3.94. The van der Waals surface area contributed by atoms with Crippen LogP contribution in [0.25, 0.3) is 0 Å². The molecule has 1 unspecified atom stereocenters. The molecule has 116 valence electrons. The van der Waals surface area contributed by atoms with Crippen molar-refractivity contribution in [3.63, 3.8) is 0 Å². The number of amides is 1. The highest BCUT2D eigenvalue weighted by molar-refractivity contribution is 5.79. The van der Waals surface area contributed by atoms with Crippen LogP contribution in [0.15, 0.2) is 24.3 Å². The van der Waals surface area contributed by atoms with Gasteiger partial charge >= 0.3 is 6.61 Å². The van der Waals surface area contributed by atoms with E-state index in [-0.39, 0.29) is 23.6 Å². The van der Waals surface area contributed by atoms with Crippen molar-refractivity contribution < 1.29 is 18.3 Å². The standard InChI is InChI=1S/C16H21F2NO2/c1-11(19-15(20)13-5-3-2-4-6-13)12-7-9-14(10-8-12)21-16(17)18/h7-11,13,16H,2-6H2,1H3,(H,19,20). The molecule has 0 aromatic heterocycles. The van der Waals surface area contributed by atoms with E-state index in [4.69, 9.17) is 0 Å². The zero-order valence-electron chi connectivity index (χ0n) is 12.1. The molecule has 1 aliphatic carbocycles. The summed E-state index contributed by atoms with van der Waals surface area (Å²) in [5.74, 6) is 0.331. The molecular weight excluding hydrogens is 276 g/mol. The monoisotopic (exact) mass is 297 g/mol. The zero-order chi connectivity index (χ0) is 15.2. The van der Waals surface area contributed by atoms with E-state index in [0.717, 1.165) is 31.2 Å². The highest BCUT2D eigenvalue weighted by Gasteiger charge is 2.22. The topological polar surface area (TPSA) is 38.3 Å². The van der Waals surface area contributed by atoms with E-state index < -0.39 is 6.61 Å². The fraction of sp³-hybridized carbons (Fsp3) is 0.562. The quantitative estimate of drug-likeness (QED) is 0.890. The summed E-state index contributed by atoms with van der Waals surface area (Å²) in [5.41, 5.74) is 0.876. The average Bonchev–Trinajstić information content (AvgIpc) is 2.48. The number of ether oxygens (including phenoxy) is 1. The van der Waals surface area contributed by atoms with Crippen molar-refractivity contribution in [2.75, 3.05) is 0 Å². The summed E-state index contributed by atoms with van der Waals surface area (Å²) in [7, 11) is 0. The number of carbonyl (C=O) groups is 1. The Morgan fingerprint density at radius 2 is 1.81 bits per heavy atom. The molecule has 21 heavy (non-hydrogen) atoms. The van der Waals surface area contributed by atoms with Crippen molar-refractivity contribution in [2.24, 2.45) is 5.92 Å². The second-order valence-electron chi connectivity index (χ2n) is 5.51. The molecule has 0 spiro atoms. The van der Waals surface area contributed by atoms with Gasteiger partial charge in [-0.05, 0) is 37.5 Å². The fourth-order valence-electron chi connectivity index (χ4n) is 2.72. The Kier molecular flexibility index (Phi) is 5.53. The van der Waals surface area contributed by atoms with Crippen LogP contribution in [0.3, 0.4) is 0 Å². The van der Waals surface area contributed by atoms with Crippen molar-refractivity contribution in [3.05, 3.63) is 29.8 Å². The van der Waals surface area contributed by atoms with Crippen molar-refractivity contribution in [1.82, 2.24) is 5.32 Å². The van der Waals surface area contributed by atoms with Gasteiger partial charge in [0.25, 0.3) is 0 Å². The summed E-state index contributed by atoms with van der Waals surface area (Å²) >= 11 is 0. The number of benzene rings is 1. The van der Waals surface area contributed by atoms with Gasteiger partial charge in [-0.25, -0.2) is 0 Å². The normalized spacial score (nSPS) is 17.5. The van der Waals surface area contributed by atoms with Crippen LogP contribution in [0.4, 0.5) is 8.78 Å². The maximum Gasteiger partial charge on any atom is 0.387 e. The summed E-state index contributed by atoms with van der Waals surface area (Å²) in [6.45, 7) is -0.928. The van der Waals surface area contributed by atoms with Gasteiger partial charge < -0.3 is 10.1 Å². The average molecular weight is 297 g/mol. The summed E-state index contributed by atoms with van der Waals surface area (Å²) in [5, 5.41) is 3.00. The van der Waals surface area contributed by atoms with E-state index in [0.29, 0.717) is 0 Å².